The van der Waals surface area contributed by atoms with Gasteiger partial charge in [-0.25, -0.2) is 0 Å². The SMILES string of the molecule is CCCc1cc(OC/C=C(\Cl)Br)cc(Cl)c1OCCCCCCCON=C(C)C. The first-order valence-electron chi connectivity index (χ1n) is 10.2. The van der Waals surface area contributed by atoms with Gasteiger partial charge in [0.15, 0.2) is 0 Å². The third-order valence-corrected chi connectivity index (χ3v) is 4.73. The molecule has 0 fully saturated rings. The fraction of sp³-hybridized carbons (Fsp3) is 0.591. The van der Waals surface area contributed by atoms with Crippen molar-refractivity contribution in [2.45, 2.75) is 65.7 Å². The van der Waals surface area contributed by atoms with Crippen LogP contribution in [-0.4, -0.2) is 25.5 Å². The second-order valence-electron chi connectivity index (χ2n) is 6.94. The van der Waals surface area contributed by atoms with Crippen molar-refractivity contribution in [3.8, 4) is 11.5 Å². The second-order valence-corrected chi connectivity index (χ2v) is 9.06. The van der Waals surface area contributed by atoms with Crippen molar-refractivity contribution in [2.24, 2.45) is 5.16 Å². The van der Waals surface area contributed by atoms with Gasteiger partial charge in [0.25, 0.3) is 0 Å². The van der Waals surface area contributed by atoms with E-state index in [9.17, 15) is 0 Å². The lowest BCUT2D eigenvalue weighted by Gasteiger charge is -2.15. The van der Waals surface area contributed by atoms with Gasteiger partial charge in [0.1, 0.15) is 24.7 Å². The molecule has 1 aromatic rings. The summed E-state index contributed by atoms with van der Waals surface area (Å²) in [7, 11) is 0. The summed E-state index contributed by atoms with van der Waals surface area (Å²) in [6.45, 7) is 7.71. The minimum atomic E-state index is 0.377. The quantitative estimate of drug-likeness (QED) is 0.137. The van der Waals surface area contributed by atoms with Gasteiger partial charge in [-0.3, -0.25) is 0 Å². The summed E-state index contributed by atoms with van der Waals surface area (Å²) in [5.41, 5.74) is 2.02. The minimum absolute atomic E-state index is 0.377. The lowest BCUT2D eigenvalue weighted by atomic mass is 10.1. The van der Waals surface area contributed by atoms with Crippen molar-refractivity contribution in [3.05, 3.63) is 32.7 Å². The molecule has 164 valence electrons. The number of hydrogen-bond donors (Lipinski definition) is 0. The van der Waals surface area contributed by atoms with Crippen LogP contribution in [0.15, 0.2) is 27.3 Å². The Labute approximate surface area is 193 Å². The van der Waals surface area contributed by atoms with Gasteiger partial charge in [-0.15, -0.1) is 0 Å². The molecule has 0 aromatic heterocycles. The number of nitrogens with zero attached hydrogens (tertiary/aromatic N) is 1. The van der Waals surface area contributed by atoms with Crippen LogP contribution in [-0.2, 0) is 11.3 Å². The van der Waals surface area contributed by atoms with Crippen LogP contribution >= 0.6 is 39.1 Å². The van der Waals surface area contributed by atoms with Gasteiger partial charge < -0.3 is 14.3 Å². The standard InChI is InChI=1S/C22H32BrCl2NO3/c1-4-10-18-15-19(27-14-11-21(23)25)16-20(24)22(18)28-12-8-6-5-7-9-13-29-26-17(2)3/h11,15-16H,4-10,12-14H2,1-3H3/b21-11-. The summed E-state index contributed by atoms with van der Waals surface area (Å²) < 4.78 is 12.2. The maximum atomic E-state index is 6.46. The van der Waals surface area contributed by atoms with Crippen molar-refractivity contribution in [3.63, 3.8) is 0 Å². The van der Waals surface area contributed by atoms with Crippen LogP contribution in [0.5, 0.6) is 11.5 Å². The molecule has 0 amide bonds. The number of ether oxygens (including phenoxy) is 2. The van der Waals surface area contributed by atoms with E-state index in [2.05, 4.69) is 28.0 Å². The van der Waals surface area contributed by atoms with E-state index in [0.29, 0.717) is 28.8 Å². The molecule has 0 aliphatic rings. The summed E-state index contributed by atoms with van der Waals surface area (Å²) in [5.74, 6) is 1.49. The molecule has 0 saturated heterocycles. The molecule has 0 heterocycles. The van der Waals surface area contributed by atoms with Crippen LogP contribution in [0.1, 0.15) is 64.9 Å². The van der Waals surface area contributed by atoms with E-state index in [0.717, 1.165) is 67.7 Å². The van der Waals surface area contributed by atoms with Gasteiger partial charge in [0, 0.05) is 6.07 Å². The highest BCUT2D eigenvalue weighted by Gasteiger charge is 2.11. The summed E-state index contributed by atoms with van der Waals surface area (Å²) in [6, 6.07) is 3.80. The Hall–Kier alpha value is -0.910. The van der Waals surface area contributed by atoms with Crippen molar-refractivity contribution >= 4 is 44.8 Å². The average Bonchev–Trinajstić information content (AvgIpc) is 2.64. The number of hydrogen-bond acceptors (Lipinski definition) is 4. The molecule has 4 nitrogen and oxygen atoms in total. The van der Waals surface area contributed by atoms with E-state index < -0.39 is 0 Å². The molecule has 0 radical (unpaired) electrons. The lowest BCUT2D eigenvalue weighted by molar-refractivity contribution is 0.139. The zero-order valence-electron chi connectivity index (χ0n) is 17.6. The van der Waals surface area contributed by atoms with Gasteiger partial charge >= 0.3 is 0 Å². The highest BCUT2D eigenvalue weighted by Crippen LogP contribution is 2.34. The van der Waals surface area contributed by atoms with Crippen LogP contribution in [0.2, 0.25) is 5.02 Å². The molecule has 0 unspecified atom stereocenters. The zero-order valence-corrected chi connectivity index (χ0v) is 20.7. The maximum absolute atomic E-state index is 6.46. The average molecular weight is 509 g/mol. The first-order valence-corrected chi connectivity index (χ1v) is 11.7. The van der Waals surface area contributed by atoms with E-state index >= 15 is 0 Å². The molecule has 0 bridgehead atoms. The van der Waals surface area contributed by atoms with Crippen LogP contribution < -0.4 is 9.47 Å². The van der Waals surface area contributed by atoms with Gasteiger partial charge in [0.2, 0.25) is 0 Å². The van der Waals surface area contributed by atoms with Crippen molar-refractivity contribution in [1.29, 1.82) is 0 Å². The number of benzene rings is 1. The normalized spacial score (nSPS) is 11.3. The Morgan fingerprint density at radius 1 is 1.07 bits per heavy atom. The third-order valence-electron chi connectivity index (χ3n) is 3.97. The van der Waals surface area contributed by atoms with E-state index in [1.807, 2.05) is 19.9 Å². The topological polar surface area (TPSA) is 40.0 Å². The number of halogens is 3. The Bertz CT molecular complexity index is 658. The molecule has 0 spiro atoms. The van der Waals surface area contributed by atoms with Crippen LogP contribution in [0.3, 0.4) is 0 Å². The first-order chi connectivity index (χ1) is 13.9. The smallest absolute Gasteiger partial charge is 0.141 e. The Morgan fingerprint density at radius 2 is 1.76 bits per heavy atom. The summed E-state index contributed by atoms with van der Waals surface area (Å²) >= 11 is 15.4. The fourth-order valence-electron chi connectivity index (χ4n) is 2.67. The number of aryl methyl sites for hydroxylation is 1. The van der Waals surface area contributed by atoms with Gasteiger partial charge in [-0.1, -0.05) is 54.5 Å². The second kappa shape index (κ2) is 15.9. The lowest BCUT2D eigenvalue weighted by Crippen LogP contribution is -2.03. The molecule has 1 rings (SSSR count). The number of rotatable bonds is 15. The molecule has 29 heavy (non-hydrogen) atoms. The van der Waals surface area contributed by atoms with E-state index in [1.54, 1.807) is 12.1 Å². The highest BCUT2D eigenvalue weighted by atomic mass is 79.9. The fourth-order valence-corrected chi connectivity index (χ4v) is 3.15. The molecule has 0 atom stereocenters. The molecule has 0 saturated carbocycles. The number of unbranched alkanes of at least 4 members (excludes halogenated alkanes) is 4. The highest BCUT2D eigenvalue weighted by molar-refractivity contribution is 9.12. The summed E-state index contributed by atoms with van der Waals surface area (Å²) in [4.78, 5) is 5.20. The summed E-state index contributed by atoms with van der Waals surface area (Å²) in [5, 5.41) is 4.52. The molecule has 7 heteroatoms. The van der Waals surface area contributed by atoms with Crippen LogP contribution in [0.4, 0.5) is 0 Å². The van der Waals surface area contributed by atoms with Crippen molar-refractivity contribution < 1.29 is 14.3 Å². The summed E-state index contributed by atoms with van der Waals surface area (Å²) in [6.07, 6.45) is 9.09. The predicted molar refractivity (Wildman–Crippen MR) is 127 cm³/mol. The van der Waals surface area contributed by atoms with Crippen LogP contribution in [0, 0.1) is 0 Å². The Kier molecular flexibility index (Phi) is 14.3. The largest absolute Gasteiger partial charge is 0.492 e. The van der Waals surface area contributed by atoms with E-state index in [-0.39, 0.29) is 0 Å². The van der Waals surface area contributed by atoms with Crippen molar-refractivity contribution in [2.75, 3.05) is 19.8 Å². The molecule has 0 aliphatic carbocycles. The van der Waals surface area contributed by atoms with Crippen molar-refractivity contribution in [1.82, 2.24) is 0 Å². The predicted octanol–water partition coefficient (Wildman–Crippen LogP) is 7.89. The van der Waals surface area contributed by atoms with E-state index in [4.69, 9.17) is 37.5 Å². The number of oxime groups is 1. The van der Waals surface area contributed by atoms with Gasteiger partial charge in [-0.05, 0) is 73.2 Å². The minimum Gasteiger partial charge on any atom is -0.492 e. The molecule has 0 aliphatic heterocycles. The maximum Gasteiger partial charge on any atom is 0.141 e. The third kappa shape index (κ3) is 12.4. The Balaban J connectivity index is 2.40. The van der Waals surface area contributed by atoms with Crippen LogP contribution in [0.25, 0.3) is 0 Å². The van der Waals surface area contributed by atoms with Gasteiger partial charge in [0.05, 0.1) is 21.3 Å². The monoisotopic (exact) mass is 507 g/mol. The first kappa shape index (κ1) is 26.1. The van der Waals surface area contributed by atoms with Gasteiger partial charge in [-0.2, -0.15) is 0 Å². The van der Waals surface area contributed by atoms with E-state index in [1.165, 1.54) is 0 Å². The Morgan fingerprint density at radius 3 is 2.41 bits per heavy atom. The zero-order chi connectivity index (χ0) is 21.5. The molecule has 1 aromatic carbocycles. The molecular formula is C22H32BrCl2NO3. The molecular weight excluding hydrogens is 477 g/mol. The molecule has 0 N–H and O–H groups in total.